The van der Waals surface area contributed by atoms with Crippen LogP contribution in [-0.2, 0) is 25.1 Å². The maximum absolute atomic E-state index is 13.6. The standard InChI is InChI=1S/C23H20BrN3OS2/c24-17-7-5-16(6-8-17)14-29-23-26-21-20(18-3-1-2-4-19(18)30-21)22(28)27(23)13-15-9-11-25-12-10-15/h5-12H,1-4,13-14H2. The van der Waals surface area contributed by atoms with E-state index in [0.29, 0.717) is 6.54 Å². The first-order valence-corrected chi connectivity index (χ1v) is 12.6. The molecule has 0 saturated heterocycles. The maximum atomic E-state index is 13.6. The Balaban J connectivity index is 1.58. The number of nitrogens with zero attached hydrogens (tertiary/aromatic N) is 3. The van der Waals surface area contributed by atoms with Crippen LogP contribution in [0.25, 0.3) is 10.2 Å². The number of aromatic nitrogens is 3. The summed E-state index contributed by atoms with van der Waals surface area (Å²) in [6, 6.07) is 12.2. The Morgan fingerprint density at radius 1 is 1.03 bits per heavy atom. The average molecular weight is 498 g/mol. The summed E-state index contributed by atoms with van der Waals surface area (Å²) >= 11 is 6.83. The number of thioether (sulfide) groups is 1. The van der Waals surface area contributed by atoms with E-state index in [9.17, 15) is 4.79 Å². The van der Waals surface area contributed by atoms with Crippen molar-refractivity contribution in [2.45, 2.75) is 43.1 Å². The minimum absolute atomic E-state index is 0.0921. The molecule has 7 heteroatoms. The van der Waals surface area contributed by atoms with Crippen molar-refractivity contribution >= 4 is 49.2 Å². The van der Waals surface area contributed by atoms with E-state index in [-0.39, 0.29) is 5.56 Å². The summed E-state index contributed by atoms with van der Waals surface area (Å²) in [5, 5.41) is 1.63. The number of benzene rings is 1. The van der Waals surface area contributed by atoms with E-state index in [0.717, 1.165) is 50.4 Å². The fourth-order valence-electron chi connectivity index (χ4n) is 3.87. The zero-order valence-corrected chi connectivity index (χ0v) is 19.5. The van der Waals surface area contributed by atoms with Gasteiger partial charge in [-0.15, -0.1) is 11.3 Å². The number of aryl methyl sites for hydroxylation is 2. The number of hydrogen-bond donors (Lipinski definition) is 0. The molecular formula is C23H20BrN3OS2. The second-order valence-electron chi connectivity index (χ2n) is 7.45. The molecule has 0 saturated carbocycles. The second-order valence-corrected chi connectivity index (χ2v) is 10.4. The van der Waals surface area contributed by atoms with E-state index in [1.165, 1.54) is 22.4 Å². The number of rotatable bonds is 5. The third-order valence-corrected chi connectivity index (χ3v) is 8.17. The van der Waals surface area contributed by atoms with Crippen LogP contribution in [0.15, 0.2) is 63.2 Å². The Morgan fingerprint density at radius 2 is 1.80 bits per heavy atom. The lowest BCUT2D eigenvalue weighted by Crippen LogP contribution is -2.24. The molecule has 5 rings (SSSR count). The molecule has 0 unspecified atom stereocenters. The lowest BCUT2D eigenvalue weighted by atomic mass is 9.97. The molecule has 4 aromatic rings. The van der Waals surface area contributed by atoms with Gasteiger partial charge in [-0.3, -0.25) is 14.3 Å². The van der Waals surface area contributed by atoms with Crippen LogP contribution in [0.3, 0.4) is 0 Å². The molecule has 0 fully saturated rings. The lowest BCUT2D eigenvalue weighted by Gasteiger charge is -2.14. The molecule has 1 aromatic carbocycles. The van der Waals surface area contributed by atoms with Crippen molar-refractivity contribution in [2.24, 2.45) is 0 Å². The van der Waals surface area contributed by atoms with E-state index < -0.39 is 0 Å². The zero-order valence-electron chi connectivity index (χ0n) is 16.3. The molecule has 1 aliphatic carbocycles. The van der Waals surface area contributed by atoms with Crippen LogP contribution >= 0.6 is 39.0 Å². The van der Waals surface area contributed by atoms with E-state index in [1.807, 2.05) is 28.8 Å². The number of hydrogen-bond acceptors (Lipinski definition) is 5. The molecule has 0 radical (unpaired) electrons. The van der Waals surface area contributed by atoms with Crippen LogP contribution in [-0.4, -0.2) is 14.5 Å². The Morgan fingerprint density at radius 3 is 2.60 bits per heavy atom. The SMILES string of the molecule is O=c1c2c3c(sc2nc(SCc2ccc(Br)cc2)n1Cc1ccncc1)CCCC3. The summed E-state index contributed by atoms with van der Waals surface area (Å²) in [6.45, 7) is 0.511. The van der Waals surface area contributed by atoms with Gasteiger partial charge in [0.2, 0.25) is 0 Å². The van der Waals surface area contributed by atoms with Crippen molar-refractivity contribution < 1.29 is 0 Å². The second kappa shape index (κ2) is 8.65. The fourth-order valence-corrected chi connectivity index (χ4v) is 6.39. The molecule has 4 nitrogen and oxygen atoms in total. The third kappa shape index (κ3) is 3.98. The van der Waals surface area contributed by atoms with Crippen molar-refractivity contribution in [2.75, 3.05) is 0 Å². The summed E-state index contributed by atoms with van der Waals surface area (Å²) in [5.41, 5.74) is 3.60. The summed E-state index contributed by atoms with van der Waals surface area (Å²) in [6.07, 6.45) is 7.97. The first kappa shape index (κ1) is 20.0. The van der Waals surface area contributed by atoms with Crippen LogP contribution in [0, 0.1) is 0 Å². The zero-order chi connectivity index (χ0) is 20.5. The summed E-state index contributed by atoms with van der Waals surface area (Å²) in [7, 11) is 0. The van der Waals surface area contributed by atoms with E-state index in [2.05, 4.69) is 33.0 Å². The number of thiophene rings is 1. The van der Waals surface area contributed by atoms with Crippen molar-refractivity contribution in [3.63, 3.8) is 0 Å². The van der Waals surface area contributed by atoms with E-state index in [4.69, 9.17) is 4.98 Å². The monoisotopic (exact) mass is 497 g/mol. The smallest absolute Gasteiger partial charge is 0.263 e. The van der Waals surface area contributed by atoms with Crippen molar-refractivity contribution in [3.05, 3.63) is 85.2 Å². The molecule has 0 amide bonds. The molecule has 30 heavy (non-hydrogen) atoms. The topological polar surface area (TPSA) is 47.8 Å². The van der Waals surface area contributed by atoms with Crippen LogP contribution in [0.4, 0.5) is 0 Å². The van der Waals surface area contributed by atoms with Gasteiger partial charge >= 0.3 is 0 Å². The Hall–Kier alpha value is -1.96. The van der Waals surface area contributed by atoms with Gasteiger partial charge in [-0.25, -0.2) is 4.98 Å². The van der Waals surface area contributed by atoms with Gasteiger partial charge < -0.3 is 0 Å². The first-order valence-electron chi connectivity index (χ1n) is 10.0. The molecule has 0 spiro atoms. The molecule has 0 atom stereocenters. The lowest BCUT2D eigenvalue weighted by molar-refractivity contribution is 0.655. The van der Waals surface area contributed by atoms with Gasteiger partial charge in [-0.1, -0.05) is 39.8 Å². The van der Waals surface area contributed by atoms with Crippen LogP contribution in [0.1, 0.15) is 34.4 Å². The summed E-state index contributed by atoms with van der Waals surface area (Å²) in [5.74, 6) is 0.770. The summed E-state index contributed by atoms with van der Waals surface area (Å²) < 4.78 is 2.91. The highest BCUT2D eigenvalue weighted by atomic mass is 79.9. The normalized spacial score (nSPS) is 13.5. The van der Waals surface area contributed by atoms with Gasteiger partial charge in [0.05, 0.1) is 11.9 Å². The van der Waals surface area contributed by atoms with Crippen molar-refractivity contribution in [3.8, 4) is 0 Å². The first-order chi connectivity index (χ1) is 14.7. The Labute approximate surface area is 191 Å². The molecule has 3 aromatic heterocycles. The van der Waals surface area contributed by atoms with Gasteiger partial charge in [-0.05, 0) is 66.6 Å². The third-order valence-electron chi connectivity index (χ3n) is 5.41. The molecule has 3 heterocycles. The minimum Gasteiger partial charge on any atom is -0.283 e. The van der Waals surface area contributed by atoms with Gasteiger partial charge in [-0.2, -0.15) is 0 Å². The Bertz CT molecular complexity index is 1250. The van der Waals surface area contributed by atoms with Gasteiger partial charge in [0.15, 0.2) is 5.16 Å². The van der Waals surface area contributed by atoms with Crippen LogP contribution < -0.4 is 5.56 Å². The highest BCUT2D eigenvalue weighted by Gasteiger charge is 2.22. The minimum atomic E-state index is 0.0921. The molecule has 0 aliphatic heterocycles. The van der Waals surface area contributed by atoms with Crippen molar-refractivity contribution in [1.82, 2.24) is 14.5 Å². The highest BCUT2D eigenvalue weighted by molar-refractivity contribution is 9.10. The van der Waals surface area contributed by atoms with E-state index in [1.54, 1.807) is 35.5 Å². The highest BCUT2D eigenvalue weighted by Crippen LogP contribution is 2.35. The molecule has 1 aliphatic rings. The predicted molar refractivity (Wildman–Crippen MR) is 128 cm³/mol. The Kier molecular flexibility index (Phi) is 5.76. The van der Waals surface area contributed by atoms with Crippen LogP contribution in [0.5, 0.6) is 0 Å². The molecular weight excluding hydrogens is 478 g/mol. The number of pyridine rings is 1. The average Bonchev–Trinajstić information content (AvgIpc) is 3.15. The predicted octanol–water partition coefficient (Wildman–Crippen LogP) is 5.83. The van der Waals surface area contributed by atoms with Crippen LogP contribution in [0.2, 0.25) is 0 Å². The molecule has 0 N–H and O–H groups in total. The molecule has 0 bridgehead atoms. The quantitative estimate of drug-likeness (QED) is 0.257. The number of halogens is 1. The maximum Gasteiger partial charge on any atom is 0.263 e. The van der Waals surface area contributed by atoms with E-state index >= 15 is 0 Å². The van der Waals surface area contributed by atoms with Gasteiger partial charge in [0, 0.05) is 27.5 Å². The fraction of sp³-hybridized carbons (Fsp3) is 0.261. The van der Waals surface area contributed by atoms with Gasteiger partial charge in [0.25, 0.3) is 5.56 Å². The molecule has 152 valence electrons. The summed E-state index contributed by atoms with van der Waals surface area (Å²) in [4.78, 5) is 25.0. The largest absolute Gasteiger partial charge is 0.283 e. The number of fused-ring (bicyclic) bond motifs is 3. The van der Waals surface area contributed by atoms with Crippen molar-refractivity contribution in [1.29, 1.82) is 0 Å². The van der Waals surface area contributed by atoms with Gasteiger partial charge in [0.1, 0.15) is 4.83 Å².